The van der Waals surface area contributed by atoms with E-state index in [1.54, 1.807) is 6.92 Å². The second-order valence-electron chi connectivity index (χ2n) is 4.79. The highest BCUT2D eigenvalue weighted by molar-refractivity contribution is 5.89. The van der Waals surface area contributed by atoms with Crippen molar-refractivity contribution in [1.82, 2.24) is 14.9 Å². The van der Waals surface area contributed by atoms with Gasteiger partial charge in [0.15, 0.2) is 0 Å². The average Bonchev–Trinajstić information content (AvgIpc) is 2.97. The summed E-state index contributed by atoms with van der Waals surface area (Å²) in [6, 6.07) is 10.4. The Morgan fingerprint density at radius 3 is 2.82 bits per heavy atom. The van der Waals surface area contributed by atoms with Crippen LogP contribution in [-0.2, 0) is 6.54 Å². The molecule has 2 heterocycles. The summed E-state index contributed by atoms with van der Waals surface area (Å²) in [7, 11) is 0. The summed E-state index contributed by atoms with van der Waals surface area (Å²) in [6.07, 6.45) is 0. The molecule has 112 valence electrons. The van der Waals surface area contributed by atoms with E-state index in [-0.39, 0.29) is 17.4 Å². The van der Waals surface area contributed by atoms with Crippen molar-refractivity contribution in [2.24, 2.45) is 0 Å². The number of carbonyl (C=O) groups is 1. The molecule has 2 N–H and O–H groups in total. The largest absolute Gasteiger partial charge is 0.507 e. The van der Waals surface area contributed by atoms with Crippen molar-refractivity contribution in [2.75, 3.05) is 0 Å². The van der Waals surface area contributed by atoms with Gasteiger partial charge in [0.05, 0.1) is 5.56 Å². The van der Waals surface area contributed by atoms with E-state index in [9.17, 15) is 14.7 Å². The maximum atomic E-state index is 12.0. The van der Waals surface area contributed by atoms with Gasteiger partial charge in [-0.3, -0.25) is 9.59 Å². The number of hydrogen-bond donors (Lipinski definition) is 2. The highest BCUT2D eigenvalue weighted by Crippen LogP contribution is 2.19. The van der Waals surface area contributed by atoms with Crippen LogP contribution in [0.2, 0.25) is 0 Å². The fourth-order valence-electron chi connectivity index (χ4n) is 2.02. The first kappa shape index (κ1) is 13.9. The number of aromatic nitrogens is 2. The minimum absolute atomic E-state index is 0.0508. The summed E-state index contributed by atoms with van der Waals surface area (Å²) in [5.41, 5.74) is 0.756. The molecular weight excluding hydrogens is 286 g/mol. The third-order valence-electron chi connectivity index (χ3n) is 3.24. The summed E-state index contributed by atoms with van der Waals surface area (Å²) in [5.74, 6) is -0.968. The lowest BCUT2D eigenvalue weighted by Gasteiger charge is -2.01. The van der Waals surface area contributed by atoms with Crippen LogP contribution >= 0.6 is 0 Å². The van der Waals surface area contributed by atoms with E-state index in [0.29, 0.717) is 12.1 Å². The number of rotatable bonds is 3. The SMILES string of the molecule is Cc1c(O)cc(=O)n2nc(C(=O)NCc3ccccc3)oc12. The van der Waals surface area contributed by atoms with E-state index < -0.39 is 11.5 Å². The maximum Gasteiger partial charge on any atom is 0.309 e. The topological polar surface area (TPSA) is 96.8 Å². The van der Waals surface area contributed by atoms with E-state index >= 15 is 0 Å². The zero-order chi connectivity index (χ0) is 15.7. The van der Waals surface area contributed by atoms with Crippen molar-refractivity contribution in [3.8, 4) is 5.75 Å². The number of carbonyl (C=O) groups excluding carboxylic acids is 1. The second-order valence-corrected chi connectivity index (χ2v) is 4.79. The monoisotopic (exact) mass is 299 g/mol. The molecule has 0 saturated heterocycles. The van der Waals surface area contributed by atoms with Crippen molar-refractivity contribution < 1.29 is 14.3 Å². The van der Waals surface area contributed by atoms with Gasteiger partial charge in [0.2, 0.25) is 5.71 Å². The molecule has 0 fully saturated rings. The summed E-state index contributed by atoms with van der Waals surface area (Å²) in [6.45, 7) is 1.89. The molecule has 22 heavy (non-hydrogen) atoms. The summed E-state index contributed by atoms with van der Waals surface area (Å²) < 4.78 is 6.24. The van der Waals surface area contributed by atoms with Crippen LogP contribution in [0.1, 0.15) is 21.8 Å². The summed E-state index contributed by atoms with van der Waals surface area (Å²) in [4.78, 5) is 23.8. The van der Waals surface area contributed by atoms with E-state index in [1.807, 2.05) is 30.3 Å². The Morgan fingerprint density at radius 2 is 2.09 bits per heavy atom. The van der Waals surface area contributed by atoms with Gasteiger partial charge >= 0.3 is 11.8 Å². The third-order valence-corrected chi connectivity index (χ3v) is 3.24. The van der Waals surface area contributed by atoms with Crippen LogP contribution in [0.5, 0.6) is 5.75 Å². The Balaban J connectivity index is 1.87. The van der Waals surface area contributed by atoms with Crippen molar-refractivity contribution >= 4 is 11.6 Å². The van der Waals surface area contributed by atoms with Gasteiger partial charge in [-0.2, -0.15) is 4.52 Å². The highest BCUT2D eigenvalue weighted by atomic mass is 16.4. The minimum Gasteiger partial charge on any atom is -0.507 e. The van der Waals surface area contributed by atoms with Crippen molar-refractivity contribution in [3.05, 3.63) is 63.8 Å². The molecule has 0 bridgehead atoms. The Hall–Kier alpha value is -3.09. The van der Waals surface area contributed by atoms with Crippen LogP contribution in [0, 0.1) is 6.92 Å². The molecule has 1 amide bonds. The standard InChI is InChI=1S/C15H13N3O4/c1-9-11(19)7-12(20)18-15(9)22-14(17-18)13(21)16-8-10-5-3-2-4-6-10/h2-7,19H,8H2,1H3,(H,16,21). The Bertz CT molecular complexity index is 896. The summed E-state index contributed by atoms with van der Waals surface area (Å²) in [5, 5.41) is 16.1. The van der Waals surface area contributed by atoms with Gasteiger partial charge in [-0.15, -0.1) is 5.10 Å². The molecule has 0 unspecified atom stereocenters. The van der Waals surface area contributed by atoms with E-state index in [2.05, 4.69) is 10.4 Å². The average molecular weight is 299 g/mol. The van der Waals surface area contributed by atoms with Crippen LogP contribution < -0.4 is 10.9 Å². The van der Waals surface area contributed by atoms with Gasteiger partial charge in [-0.1, -0.05) is 30.3 Å². The molecule has 0 aliphatic carbocycles. The number of aryl methyl sites for hydroxylation is 1. The Kier molecular flexibility index (Phi) is 3.38. The van der Waals surface area contributed by atoms with E-state index in [1.165, 1.54) is 0 Å². The molecule has 7 heteroatoms. The molecular formula is C15H13N3O4. The molecule has 2 aromatic heterocycles. The van der Waals surface area contributed by atoms with Crippen LogP contribution in [0.4, 0.5) is 0 Å². The van der Waals surface area contributed by atoms with Crippen molar-refractivity contribution in [2.45, 2.75) is 13.5 Å². The lowest BCUT2D eigenvalue weighted by atomic mass is 10.2. The molecule has 1 aromatic carbocycles. The van der Waals surface area contributed by atoms with Gasteiger partial charge in [-0.05, 0) is 12.5 Å². The number of nitrogens with one attached hydrogen (secondary N) is 1. The number of aromatic hydroxyl groups is 1. The van der Waals surface area contributed by atoms with E-state index in [0.717, 1.165) is 16.1 Å². The number of fused-ring (bicyclic) bond motifs is 1. The quantitative estimate of drug-likeness (QED) is 0.758. The highest BCUT2D eigenvalue weighted by Gasteiger charge is 2.18. The predicted octanol–water partition coefficient (Wildman–Crippen LogP) is 1.23. The molecule has 0 radical (unpaired) electrons. The number of nitrogens with zero attached hydrogens (tertiary/aromatic N) is 2. The number of benzene rings is 1. The van der Waals surface area contributed by atoms with Crippen LogP contribution in [-0.4, -0.2) is 20.6 Å². The Morgan fingerprint density at radius 1 is 1.36 bits per heavy atom. The van der Waals surface area contributed by atoms with Crippen LogP contribution in [0.25, 0.3) is 5.71 Å². The minimum atomic E-state index is -0.566. The van der Waals surface area contributed by atoms with Crippen molar-refractivity contribution in [3.63, 3.8) is 0 Å². The van der Waals surface area contributed by atoms with Gasteiger partial charge in [0.25, 0.3) is 5.56 Å². The number of hydrogen-bond acceptors (Lipinski definition) is 5. The van der Waals surface area contributed by atoms with Crippen LogP contribution in [0.15, 0.2) is 45.6 Å². The third kappa shape index (κ3) is 2.44. The molecule has 0 atom stereocenters. The zero-order valence-electron chi connectivity index (χ0n) is 11.7. The first-order valence-corrected chi connectivity index (χ1v) is 6.61. The van der Waals surface area contributed by atoms with Gasteiger partial charge < -0.3 is 14.8 Å². The first-order valence-electron chi connectivity index (χ1n) is 6.61. The molecule has 3 aromatic rings. The van der Waals surface area contributed by atoms with Gasteiger partial charge in [0, 0.05) is 12.6 Å². The summed E-state index contributed by atoms with van der Waals surface area (Å²) >= 11 is 0. The van der Waals surface area contributed by atoms with Gasteiger partial charge in [-0.25, -0.2) is 0 Å². The second kappa shape index (κ2) is 5.36. The number of pyridine rings is 1. The number of amides is 1. The molecule has 7 nitrogen and oxygen atoms in total. The van der Waals surface area contributed by atoms with Crippen LogP contribution in [0.3, 0.4) is 0 Å². The first-order chi connectivity index (χ1) is 10.6. The van der Waals surface area contributed by atoms with E-state index in [4.69, 9.17) is 4.42 Å². The molecule has 3 rings (SSSR count). The lowest BCUT2D eigenvalue weighted by molar-refractivity contribution is 0.0918. The zero-order valence-corrected chi connectivity index (χ0v) is 11.7. The fourth-order valence-corrected chi connectivity index (χ4v) is 2.02. The maximum absolute atomic E-state index is 12.0. The normalized spacial score (nSPS) is 10.8. The fraction of sp³-hybridized carbons (Fsp3) is 0.133. The molecule has 0 spiro atoms. The smallest absolute Gasteiger partial charge is 0.309 e. The van der Waals surface area contributed by atoms with Crippen molar-refractivity contribution in [1.29, 1.82) is 0 Å². The molecule has 0 aliphatic heterocycles. The molecule has 0 saturated carbocycles. The Labute approximate surface area is 124 Å². The molecule has 0 aliphatic rings. The predicted molar refractivity (Wildman–Crippen MR) is 77.7 cm³/mol. The van der Waals surface area contributed by atoms with Gasteiger partial charge in [0.1, 0.15) is 5.75 Å². The lowest BCUT2D eigenvalue weighted by Crippen LogP contribution is -2.23.